The summed E-state index contributed by atoms with van der Waals surface area (Å²) in [6.45, 7) is 4.15. The average Bonchev–Trinajstić information content (AvgIpc) is 2.63. The zero-order chi connectivity index (χ0) is 18.6. The highest BCUT2D eigenvalue weighted by Gasteiger charge is 2.34. The van der Waals surface area contributed by atoms with Crippen LogP contribution >= 0.6 is 0 Å². The third-order valence-electron chi connectivity index (χ3n) is 5.39. The van der Waals surface area contributed by atoms with Gasteiger partial charge < -0.3 is 4.90 Å². The van der Waals surface area contributed by atoms with E-state index in [1.54, 1.807) is 0 Å². The number of hydrogen-bond acceptors (Lipinski definition) is 3. The summed E-state index contributed by atoms with van der Waals surface area (Å²) < 4.78 is 1.15. The molecule has 1 N–H and O–H groups in total. The third kappa shape index (κ3) is 2.24. The van der Waals surface area contributed by atoms with Gasteiger partial charge in [-0.1, -0.05) is 36.4 Å². The van der Waals surface area contributed by atoms with Gasteiger partial charge in [0.05, 0.1) is 5.56 Å². The summed E-state index contributed by atoms with van der Waals surface area (Å²) in [5, 5.41) is 0. The van der Waals surface area contributed by atoms with Crippen LogP contribution in [-0.4, -0.2) is 16.6 Å². The molecule has 3 aromatic rings. The van der Waals surface area contributed by atoms with Crippen LogP contribution in [0.4, 0.5) is 11.5 Å². The summed E-state index contributed by atoms with van der Waals surface area (Å²) in [6.07, 6.45) is 0. The fourth-order valence-corrected chi connectivity index (χ4v) is 3.76. The van der Waals surface area contributed by atoms with Crippen molar-refractivity contribution in [3.63, 3.8) is 0 Å². The first-order valence-corrected chi connectivity index (χ1v) is 8.63. The van der Waals surface area contributed by atoms with Crippen molar-refractivity contribution >= 4 is 11.5 Å². The van der Waals surface area contributed by atoms with Crippen LogP contribution in [-0.2, 0) is 7.05 Å². The number of aryl methyl sites for hydroxylation is 2. The highest BCUT2D eigenvalue weighted by molar-refractivity contribution is 5.75. The molecule has 0 saturated carbocycles. The monoisotopic (exact) mass is 347 g/mol. The first kappa shape index (κ1) is 16.4. The highest BCUT2D eigenvalue weighted by atomic mass is 16.2. The van der Waals surface area contributed by atoms with Crippen LogP contribution in [0.3, 0.4) is 0 Å². The minimum Gasteiger partial charge on any atom is -0.330 e. The number of nitrogens with one attached hydrogen (secondary N) is 1. The minimum atomic E-state index is -0.403. The van der Waals surface area contributed by atoms with Gasteiger partial charge in [0.1, 0.15) is 5.82 Å². The van der Waals surface area contributed by atoms with Gasteiger partial charge >= 0.3 is 5.69 Å². The Hall–Kier alpha value is -3.08. The molecule has 1 aliphatic heterocycles. The van der Waals surface area contributed by atoms with Crippen molar-refractivity contribution in [1.29, 1.82) is 0 Å². The molecule has 1 atom stereocenters. The Morgan fingerprint density at radius 2 is 1.62 bits per heavy atom. The summed E-state index contributed by atoms with van der Waals surface area (Å²) in [6, 6.07) is 14.3. The number of anilines is 2. The molecule has 0 aliphatic carbocycles. The van der Waals surface area contributed by atoms with Gasteiger partial charge in [-0.25, -0.2) is 4.79 Å². The van der Waals surface area contributed by atoms with E-state index < -0.39 is 5.69 Å². The molecule has 2 aromatic carbocycles. The summed E-state index contributed by atoms with van der Waals surface area (Å²) in [5.41, 5.74) is 5.44. The predicted octanol–water partition coefficient (Wildman–Crippen LogP) is 2.95. The zero-order valence-corrected chi connectivity index (χ0v) is 15.3. The fourth-order valence-electron chi connectivity index (χ4n) is 3.76. The molecule has 1 aromatic heterocycles. The minimum absolute atomic E-state index is 0.216. The van der Waals surface area contributed by atoms with Gasteiger partial charge in [0, 0.05) is 25.7 Å². The van der Waals surface area contributed by atoms with E-state index in [0.29, 0.717) is 11.4 Å². The van der Waals surface area contributed by atoms with E-state index in [1.807, 2.05) is 42.3 Å². The lowest BCUT2D eigenvalue weighted by Gasteiger charge is -2.35. The Kier molecular flexibility index (Phi) is 3.61. The molecule has 0 saturated heterocycles. The molecule has 2 heterocycles. The normalized spacial score (nSPS) is 15.5. The summed E-state index contributed by atoms with van der Waals surface area (Å²) in [4.78, 5) is 30.1. The van der Waals surface area contributed by atoms with Crippen molar-refractivity contribution in [3.05, 3.63) is 91.1 Å². The van der Waals surface area contributed by atoms with Crippen molar-refractivity contribution in [3.8, 4) is 0 Å². The van der Waals surface area contributed by atoms with E-state index in [4.69, 9.17) is 0 Å². The molecule has 0 amide bonds. The fraction of sp³-hybridized carbons (Fsp3) is 0.238. The third-order valence-corrected chi connectivity index (χ3v) is 5.39. The Labute approximate surface area is 151 Å². The molecule has 5 heteroatoms. The summed E-state index contributed by atoms with van der Waals surface area (Å²) >= 11 is 0. The van der Waals surface area contributed by atoms with Gasteiger partial charge in [0.15, 0.2) is 0 Å². The van der Waals surface area contributed by atoms with Crippen molar-refractivity contribution < 1.29 is 0 Å². The molecule has 0 radical (unpaired) electrons. The Morgan fingerprint density at radius 3 is 2.31 bits per heavy atom. The lowest BCUT2D eigenvalue weighted by Crippen LogP contribution is -2.40. The molecule has 5 nitrogen and oxygen atoms in total. The van der Waals surface area contributed by atoms with Crippen LogP contribution in [0.2, 0.25) is 0 Å². The summed E-state index contributed by atoms with van der Waals surface area (Å²) in [7, 11) is 3.41. The van der Waals surface area contributed by atoms with Crippen LogP contribution in [0.25, 0.3) is 0 Å². The van der Waals surface area contributed by atoms with Gasteiger partial charge in [-0.2, -0.15) is 0 Å². The number of fused-ring (bicyclic) bond motifs is 2. The van der Waals surface area contributed by atoms with Crippen LogP contribution in [0, 0.1) is 13.8 Å². The molecule has 26 heavy (non-hydrogen) atoms. The molecule has 0 fully saturated rings. The van der Waals surface area contributed by atoms with E-state index in [0.717, 1.165) is 21.4 Å². The lowest BCUT2D eigenvalue weighted by atomic mass is 9.81. The molecule has 132 valence electrons. The highest BCUT2D eigenvalue weighted by Crippen LogP contribution is 2.45. The second kappa shape index (κ2) is 5.73. The van der Waals surface area contributed by atoms with E-state index in [1.165, 1.54) is 18.2 Å². The molecule has 1 aliphatic rings. The van der Waals surface area contributed by atoms with Crippen LogP contribution < -0.4 is 16.1 Å². The van der Waals surface area contributed by atoms with Crippen LogP contribution in [0.5, 0.6) is 0 Å². The molecular formula is C21H21N3O2. The zero-order valence-electron chi connectivity index (χ0n) is 15.3. The molecule has 0 spiro atoms. The van der Waals surface area contributed by atoms with Crippen molar-refractivity contribution in [1.82, 2.24) is 9.55 Å². The van der Waals surface area contributed by atoms with Gasteiger partial charge in [0.2, 0.25) is 0 Å². The molecule has 0 bridgehead atoms. The second-order valence-electron chi connectivity index (χ2n) is 6.95. The SMILES string of the molecule is Cc1cc2c(cc1C)N(C)c1[nH]c(=O)n(C)c(=O)c1[C@H]2c1ccccc1. The first-order chi connectivity index (χ1) is 12.4. The maximum Gasteiger partial charge on any atom is 0.329 e. The van der Waals surface area contributed by atoms with E-state index >= 15 is 0 Å². The Bertz CT molecular complexity index is 1130. The number of nitrogens with zero attached hydrogens (tertiary/aromatic N) is 2. The van der Waals surface area contributed by atoms with Gasteiger partial charge in [-0.05, 0) is 42.2 Å². The van der Waals surface area contributed by atoms with Gasteiger partial charge in [-0.3, -0.25) is 14.3 Å². The number of benzene rings is 2. The maximum atomic E-state index is 13.0. The standard InChI is InChI=1S/C21H21N3O2/c1-12-10-15-16(11-13(12)2)23(3)19-18(20(25)24(4)21(26)22-19)17(15)14-8-6-5-7-9-14/h5-11,17H,1-4H3,(H,22,26)/t17-/m0/s1. The lowest BCUT2D eigenvalue weighted by molar-refractivity contribution is 0.732. The van der Waals surface area contributed by atoms with Crippen molar-refractivity contribution in [2.24, 2.45) is 7.05 Å². The first-order valence-electron chi connectivity index (χ1n) is 8.63. The molecular weight excluding hydrogens is 326 g/mol. The van der Waals surface area contributed by atoms with Gasteiger partial charge in [0.25, 0.3) is 5.56 Å². The van der Waals surface area contributed by atoms with Crippen LogP contribution in [0.1, 0.15) is 33.7 Å². The second-order valence-corrected chi connectivity index (χ2v) is 6.95. The maximum absolute atomic E-state index is 13.0. The van der Waals surface area contributed by atoms with E-state index in [-0.39, 0.29) is 11.5 Å². The van der Waals surface area contributed by atoms with Crippen molar-refractivity contribution in [2.75, 3.05) is 11.9 Å². The number of hydrogen-bond donors (Lipinski definition) is 1. The van der Waals surface area contributed by atoms with E-state index in [2.05, 4.69) is 31.0 Å². The van der Waals surface area contributed by atoms with Crippen molar-refractivity contribution in [2.45, 2.75) is 19.8 Å². The molecule has 4 rings (SSSR count). The number of rotatable bonds is 1. The smallest absolute Gasteiger partial charge is 0.329 e. The average molecular weight is 347 g/mol. The molecule has 0 unspecified atom stereocenters. The number of H-pyrrole nitrogens is 1. The number of aromatic nitrogens is 2. The Morgan fingerprint density at radius 1 is 0.962 bits per heavy atom. The number of aromatic amines is 1. The van der Waals surface area contributed by atoms with Crippen LogP contribution in [0.15, 0.2) is 52.1 Å². The quantitative estimate of drug-likeness (QED) is 0.736. The topological polar surface area (TPSA) is 58.1 Å². The largest absolute Gasteiger partial charge is 0.330 e. The summed E-state index contributed by atoms with van der Waals surface area (Å²) in [5.74, 6) is 0.356. The predicted molar refractivity (Wildman–Crippen MR) is 104 cm³/mol. The Balaban J connectivity index is 2.14. The van der Waals surface area contributed by atoms with E-state index in [9.17, 15) is 9.59 Å². The van der Waals surface area contributed by atoms with Gasteiger partial charge in [-0.15, -0.1) is 0 Å².